The van der Waals surface area contributed by atoms with Gasteiger partial charge >= 0.3 is 0 Å². The Morgan fingerprint density at radius 2 is 0.561 bits per heavy atom. The van der Waals surface area contributed by atoms with Crippen LogP contribution in [-0.4, -0.2) is 271 Å². The maximum atomic E-state index is 5.21. The molecule has 0 aliphatic carbocycles. The van der Waals surface area contributed by atoms with Gasteiger partial charge in [-0.1, -0.05) is 74.7 Å². The summed E-state index contributed by atoms with van der Waals surface area (Å²) in [5, 5.41) is 20.3. The molecule has 3 atom stereocenters. The van der Waals surface area contributed by atoms with E-state index in [1.807, 2.05) is 0 Å². The lowest BCUT2D eigenvalue weighted by atomic mass is 9.87. The second-order valence-corrected chi connectivity index (χ2v) is 35.0. The number of rotatable bonds is 11. The molecule has 0 amide bonds. The van der Waals surface area contributed by atoms with Gasteiger partial charge in [-0.25, -0.2) is 0 Å². The summed E-state index contributed by atoms with van der Waals surface area (Å²) in [4.78, 5) is 17.7. The van der Waals surface area contributed by atoms with Crippen LogP contribution in [0.5, 0.6) is 0 Å². The highest BCUT2D eigenvalue weighted by Gasteiger charge is 2.21. The molecule has 14 nitrogen and oxygen atoms in total. The van der Waals surface area contributed by atoms with Gasteiger partial charge < -0.3 is 51.3 Å². The number of piperazine rings is 1. The maximum Gasteiger partial charge on any atom is 0.0594 e. The summed E-state index contributed by atoms with van der Waals surface area (Å²) in [5.74, 6) is 9.03. The van der Waals surface area contributed by atoms with Crippen molar-refractivity contribution in [2.75, 3.05) is 188 Å². The largest absolute Gasteiger partial charge is 0.379 e. The lowest BCUT2D eigenvalue weighted by Gasteiger charge is -2.30. The van der Waals surface area contributed by atoms with Crippen LogP contribution in [0.4, 0.5) is 0 Å². The number of hydrogen-bond acceptors (Lipinski definition) is 15. The fourth-order valence-electron chi connectivity index (χ4n) is 14.6. The number of piperidine rings is 3. The van der Waals surface area contributed by atoms with Crippen molar-refractivity contribution >= 4 is 11.8 Å². The second-order valence-electron chi connectivity index (χ2n) is 33.8. The monoisotopic (exact) mass is 1410 g/mol. The number of nitrogens with zero attached hydrogens (tertiary/aromatic N) is 7. The summed E-state index contributed by atoms with van der Waals surface area (Å²) in [6.07, 6.45) is 23.9. The third-order valence-electron chi connectivity index (χ3n) is 22.5. The van der Waals surface area contributed by atoms with E-state index in [4.69, 9.17) is 4.74 Å². The van der Waals surface area contributed by atoms with Gasteiger partial charge in [-0.2, -0.15) is 11.8 Å². The van der Waals surface area contributed by atoms with E-state index in [1.54, 1.807) is 0 Å². The van der Waals surface area contributed by atoms with E-state index >= 15 is 0 Å². The van der Waals surface area contributed by atoms with Crippen molar-refractivity contribution in [3.8, 4) is 0 Å². The predicted molar refractivity (Wildman–Crippen MR) is 440 cm³/mol. The highest BCUT2D eigenvalue weighted by molar-refractivity contribution is 7.99. The first-order chi connectivity index (χ1) is 46.8. The molecule has 588 valence electrons. The summed E-state index contributed by atoms with van der Waals surface area (Å²) < 4.78 is 5.21. The lowest BCUT2D eigenvalue weighted by Crippen LogP contribution is -2.46. The zero-order valence-corrected chi connectivity index (χ0v) is 71.0. The number of likely N-dealkylation sites (tertiary alicyclic amines) is 3. The minimum atomic E-state index is 0.689. The highest BCUT2D eigenvalue weighted by Crippen LogP contribution is 2.22. The Bertz CT molecular complexity index is 1390. The van der Waals surface area contributed by atoms with Crippen LogP contribution in [-0.2, 0) is 4.74 Å². The Kier molecular flexibility index (Phi) is 60.5. The first-order valence-electron chi connectivity index (χ1n) is 42.5. The normalized spacial score (nSPS) is 24.6. The Balaban J connectivity index is 0.000000539. The van der Waals surface area contributed by atoms with E-state index in [0.717, 1.165) is 130 Å². The molecule has 11 aliphatic heterocycles. The molecular weight excluding hydrogens is 1230 g/mol. The van der Waals surface area contributed by atoms with Crippen LogP contribution in [0.1, 0.15) is 261 Å². The van der Waals surface area contributed by atoms with Gasteiger partial charge in [-0.15, -0.1) is 0 Å². The second kappa shape index (κ2) is 61.9. The van der Waals surface area contributed by atoms with Crippen LogP contribution in [0, 0.1) is 41.4 Å². The van der Waals surface area contributed by atoms with E-state index in [2.05, 4.69) is 230 Å². The average molecular weight is 1410 g/mol. The van der Waals surface area contributed by atoms with Gasteiger partial charge in [0.2, 0.25) is 0 Å². The minimum Gasteiger partial charge on any atom is -0.379 e. The van der Waals surface area contributed by atoms with Crippen molar-refractivity contribution in [1.82, 2.24) is 66.2 Å². The minimum absolute atomic E-state index is 0.689. The number of thioether (sulfide) groups is 1. The Labute approximate surface area is 619 Å². The smallest absolute Gasteiger partial charge is 0.0594 e. The Morgan fingerprint density at radius 1 is 0.255 bits per heavy atom. The summed E-state index contributed by atoms with van der Waals surface area (Å²) in [5.41, 5.74) is 0. The number of morpholine rings is 1. The van der Waals surface area contributed by atoms with E-state index in [9.17, 15) is 0 Å². The van der Waals surface area contributed by atoms with Gasteiger partial charge in [-0.3, -0.25) is 19.6 Å². The van der Waals surface area contributed by atoms with Gasteiger partial charge in [0.25, 0.3) is 0 Å². The Hall–Kier alpha value is -0.210. The molecule has 15 heteroatoms. The molecule has 0 radical (unpaired) electrons. The standard InChI is InChI=1S/C9H19N.C8H18N2.3C8H17N.C7H16N2.C7H15NO.C7H15NS.3C7H15N/c1-9(2)10-7-5-3-4-6-8-10;1-8(2)10-6-3-4-9-5-7-10;1-7(2)8-3-5-9-6-4-8;1-7(2)8-4-3-5-9-6-8;1-8(2)9-6-4-3-5-7-9;1-7(2)9-5-3-8-4-6-9;2*1-7(2)8-3-5-9-6-4-8;1-6(2)7-3-4-8-5-7;1-7(2)8-5-3-4-6-8;1-6(2)7-4-3-5-8-7/h9H,3-8H2,1-2H3;8-9H,3-7H2,1-2H3;2*7-9H,3-6H2,1-2H3;8H,3-7H2,1-2H3;7-8H,3-6H2,1-2H3;2*7H,3-6H2,1-2H3;6-8H,3-5H2,1-2H3;7H,3-6H2,1-2H3;6-8H,3-5H2,1-2H3/t;;;;;;;;;;7-/m..........0/s1. The molecule has 0 aromatic heterocycles. The van der Waals surface area contributed by atoms with Crippen LogP contribution in [0.25, 0.3) is 0 Å². The highest BCUT2D eigenvalue weighted by atomic mass is 32.2. The lowest BCUT2D eigenvalue weighted by molar-refractivity contribution is 0.0238. The first kappa shape index (κ1) is 95.8. The molecule has 0 spiro atoms. The van der Waals surface area contributed by atoms with E-state index in [-0.39, 0.29) is 0 Å². The van der Waals surface area contributed by atoms with Gasteiger partial charge in [0.1, 0.15) is 0 Å². The average Bonchev–Trinajstić information content (AvgIpc) is 3.69. The molecule has 0 aromatic carbocycles. The molecule has 2 unspecified atom stereocenters. The SMILES string of the molecule is CC(C)C1CCCNC1.CC(C)C1CCNC1.CC(C)C1CCNCC1.CC(C)N1CCCC1.CC(C)N1CCCCC1.CC(C)N1CCCCCC1.CC(C)N1CCCNCC1.CC(C)N1CCNCC1.CC(C)N1CCOCC1.CC(C)N1CCSCC1.CC(C)[C@@H]1CCCN1. The van der Waals surface area contributed by atoms with Crippen molar-refractivity contribution < 1.29 is 4.74 Å². The third kappa shape index (κ3) is 50.3. The topological polar surface area (TPSA) is 104 Å². The molecule has 11 rings (SSSR count). The number of hydrogen-bond donors (Lipinski definition) is 6. The fraction of sp³-hybridized carbons (Fsp3) is 1.00. The summed E-state index contributed by atoms with van der Waals surface area (Å²) >= 11 is 2.07. The number of ether oxygens (including phenoxy) is 1. The molecular formula is C83H179N13OS. The van der Waals surface area contributed by atoms with Crippen molar-refractivity contribution in [2.24, 2.45) is 41.4 Å². The van der Waals surface area contributed by atoms with Crippen LogP contribution in [0.3, 0.4) is 0 Å². The molecule has 6 N–H and O–H groups in total. The summed E-state index contributed by atoms with van der Waals surface area (Å²) in [6, 6.07) is 6.02. The molecule has 11 aliphatic rings. The van der Waals surface area contributed by atoms with Gasteiger partial charge in [0.05, 0.1) is 13.2 Å². The maximum absolute atomic E-state index is 5.21. The van der Waals surface area contributed by atoms with Gasteiger partial charge in [0.15, 0.2) is 0 Å². The molecule has 98 heavy (non-hydrogen) atoms. The van der Waals surface area contributed by atoms with E-state index in [0.29, 0.717) is 6.04 Å². The van der Waals surface area contributed by atoms with Crippen molar-refractivity contribution in [2.45, 2.75) is 310 Å². The molecule has 0 saturated carbocycles. The van der Waals surface area contributed by atoms with Gasteiger partial charge in [0, 0.05) is 125 Å². The van der Waals surface area contributed by atoms with Crippen LogP contribution >= 0.6 is 11.8 Å². The summed E-state index contributed by atoms with van der Waals surface area (Å²) in [7, 11) is 0. The zero-order valence-electron chi connectivity index (χ0n) is 70.1. The quantitative estimate of drug-likeness (QED) is 0.118. The Morgan fingerprint density at radius 3 is 0.878 bits per heavy atom. The molecule has 0 bridgehead atoms. The molecule has 11 fully saturated rings. The fourth-order valence-corrected chi connectivity index (χ4v) is 15.5. The number of nitrogens with one attached hydrogen (secondary N) is 6. The van der Waals surface area contributed by atoms with Crippen molar-refractivity contribution in [3.05, 3.63) is 0 Å². The van der Waals surface area contributed by atoms with E-state index in [1.165, 1.54) is 252 Å². The molecule has 0 aromatic rings. The molecule has 11 heterocycles. The predicted octanol–water partition coefficient (Wildman–Crippen LogP) is 14.7. The van der Waals surface area contributed by atoms with E-state index < -0.39 is 0 Å². The zero-order chi connectivity index (χ0) is 72.9. The van der Waals surface area contributed by atoms with Crippen molar-refractivity contribution in [3.63, 3.8) is 0 Å². The third-order valence-corrected chi connectivity index (χ3v) is 23.4. The van der Waals surface area contributed by atoms with Crippen LogP contribution in [0.15, 0.2) is 0 Å². The van der Waals surface area contributed by atoms with Gasteiger partial charge in [-0.05, 0) is 326 Å². The molecule has 11 saturated heterocycles. The van der Waals surface area contributed by atoms with Crippen LogP contribution in [0.2, 0.25) is 0 Å². The van der Waals surface area contributed by atoms with Crippen molar-refractivity contribution in [1.29, 1.82) is 0 Å². The first-order valence-corrected chi connectivity index (χ1v) is 43.6. The van der Waals surface area contributed by atoms with Crippen LogP contribution < -0.4 is 31.9 Å². The summed E-state index contributed by atoms with van der Waals surface area (Å²) in [6.45, 7) is 83.1.